The van der Waals surface area contributed by atoms with E-state index in [0.717, 1.165) is 30.0 Å². The normalized spacial score (nSPS) is 14.3. The van der Waals surface area contributed by atoms with Crippen LogP contribution in [0.2, 0.25) is 10.0 Å². The Labute approximate surface area is 251 Å². The Morgan fingerprint density at radius 1 is 1.00 bits per heavy atom. The zero-order chi connectivity index (χ0) is 29.6. The van der Waals surface area contributed by atoms with Crippen molar-refractivity contribution in [1.29, 1.82) is 0 Å². The van der Waals surface area contributed by atoms with Crippen LogP contribution in [-0.2, 0) is 26.2 Å². The summed E-state index contributed by atoms with van der Waals surface area (Å²) in [6.45, 7) is 1.08. The number of rotatable bonds is 11. The minimum Gasteiger partial charge on any atom is -0.497 e. The van der Waals surface area contributed by atoms with Crippen molar-refractivity contribution in [2.45, 2.75) is 56.1 Å². The molecule has 41 heavy (non-hydrogen) atoms. The Morgan fingerprint density at radius 2 is 1.66 bits per heavy atom. The van der Waals surface area contributed by atoms with Gasteiger partial charge in [-0.2, -0.15) is 0 Å². The highest BCUT2D eigenvalue weighted by Gasteiger charge is 2.33. The number of methoxy groups -OCH3 is 1. The number of carbonyl (C=O) groups is 2. The van der Waals surface area contributed by atoms with Gasteiger partial charge in [0.1, 0.15) is 18.3 Å². The molecular formula is C30H33Cl2N3O5S. The SMILES string of the molecule is COc1ccc(S(=O)(=O)N(CC(=O)N(Cc2ccc(Cl)cc2Cl)[C@@H](C)C(=O)NC2CCCC2)c2ccccc2)cc1. The predicted octanol–water partition coefficient (Wildman–Crippen LogP) is 5.67. The highest BCUT2D eigenvalue weighted by atomic mass is 35.5. The Hall–Kier alpha value is -3.27. The van der Waals surface area contributed by atoms with Crippen molar-refractivity contribution in [1.82, 2.24) is 10.2 Å². The number of benzene rings is 3. The third-order valence-corrected chi connectivity index (χ3v) is 9.57. The fourth-order valence-corrected chi connectivity index (χ4v) is 6.69. The summed E-state index contributed by atoms with van der Waals surface area (Å²) in [5, 5.41) is 3.82. The van der Waals surface area contributed by atoms with Crippen LogP contribution >= 0.6 is 23.2 Å². The van der Waals surface area contributed by atoms with Crippen molar-refractivity contribution in [2.75, 3.05) is 18.0 Å². The number of halogens is 2. The zero-order valence-electron chi connectivity index (χ0n) is 22.9. The molecule has 4 rings (SSSR count). The van der Waals surface area contributed by atoms with Crippen molar-refractivity contribution < 1.29 is 22.7 Å². The maximum atomic E-state index is 14.0. The Kier molecular flexibility index (Phi) is 10.2. The molecule has 0 aromatic heterocycles. The second-order valence-corrected chi connectivity index (χ2v) is 12.7. The highest BCUT2D eigenvalue weighted by Crippen LogP contribution is 2.27. The largest absolute Gasteiger partial charge is 0.497 e. The highest BCUT2D eigenvalue weighted by molar-refractivity contribution is 7.92. The van der Waals surface area contributed by atoms with E-state index in [-0.39, 0.29) is 23.4 Å². The fraction of sp³-hybridized carbons (Fsp3) is 0.333. The number of amides is 2. The number of nitrogens with one attached hydrogen (secondary N) is 1. The van der Waals surface area contributed by atoms with Crippen LogP contribution in [0.15, 0.2) is 77.7 Å². The van der Waals surface area contributed by atoms with Crippen molar-refractivity contribution >= 4 is 50.7 Å². The smallest absolute Gasteiger partial charge is 0.264 e. The summed E-state index contributed by atoms with van der Waals surface area (Å²) in [6.07, 6.45) is 3.85. The third kappa shape index (κ3) is 7.52. The summed E-state index contributed by atoms with van der Waals surface area (Å²) in [6, 6.07) is 18.4. The summed E-state index contributed by atoms with van der Waals surface area (Å²) in [7, 11) is -2.68. The number of hydrogen-bond donors (Lipinski definition) is 1. The van der Waals surface area contributed by atoms with E-state index in [2.05, 4.69) is 5.32 Å². The topological polar surface area (TPSA) is 96.0 Å². The van der Waals surface area contributed by atoms with Gasteiger partial charge in [-0.3, -0.25) is 13.9 Å². The predicted molar refractivity (Wildman–Crippen MR) is 161 cm³/mol. The average molecular weight is 619 g/mol. The molecule has 2 amide bonds. The molecule has 0 saturated heterocycles. The number of ether oxygens (including phenoxy) is 1. The van der Waals surface area contributed by atoms with Gasteiger partial charge >= 0.3 is 0 Å². The van der Waals surface area contributed by atoms with Gasteiger partial charge in [0.05, 0.1) is 17.7 Å². The Bertz CT molecular complexity index is 1460. The van der Waals surface area contributed by atoms with Crippen LogP contribution < -0.4 is 14.4 Å². The average Bonchev–Trinajstić information content (AvgIpc) is 3.48. The van der Waals surface area contributed by atoms with Crippen LogP contribution in [0, 0.1) is 0 Å². The van der Waals surface area contributed by atoms with Crippen molar-refractivity contribution in [3.8, 4) is 5.75 Å². The minimum absolute atomic E-state index is 0.00530. The van der Waals surface area contributed by atoms with Crippen LogP contribution in [0.1, 0.15) is 38.2 Å². The van der Waals surface area contributed by atoms with Gasteiger partial charge in [-0.1, -0.05) is 60.3 Å². The minimum atomic E-state index is -4.17. The van der Waals surface area contributed by atoms with E-state index in [9.17, 15) is 18.0 Å². The van der Waals surface area contributed by atoms with Crippen LogP contribution in [0.3, 0.4) is 0 Å². The molecule has 1 atom stereocenters. The molecule has 0 radical (unpaired) electrons. The van der Waals surface area contributed by atoms with Gasteiger partial charge in [0, 0.05) is 22.6 Å². The van der Waals surface area contributed by atoms with Crippen LogP contribution in [0.5, 0.6) is 5.75 Å². The van der Waals surface area contributed by atoms with Crippen molar-refractivity contribution in [3.63, 3.8) is 0 Å². The number of para-hydroxylation sites is 1. The number of anilines is 1. The molecule has 1 fully saturated rings. The van der Waals surface area contributed by atoms with Gasteiger partial charge in [0.25, 0.3) is 10.0 Å². The van der Waals surface area contributed by atoms with Crippen LogP contribution in [0.4, 0.5) is 5.69 Å². The first kappa shape index (κ1) is 30.7. The lowest BCUT2D eigenvalue weighted by atomic mass is 10.1. The standard InChI is InChI=1S/C30H33Cl2N3O5S/c1-21(30(37)33-24-8-6-7-9-24)34(19-22-12-13-23(31)18-28(22)32)29(36)20-35(25-10-4-3-5-11-25)41(38,39)27-16-14-26(40-2)15-17-27/h3-5,10-18,21,24H,6-9,19-20H2,1-2H3,(H,33,37)/t21-/m0/s1. The van der Waals surface area contributed by atoms with Gasteiger partial charge < -0.3 is 15.0 Å². The Morgan fingerprint density at radius 3 is 2.27 bits per heavy atom. The molecule has 0 heterocycles. The lowest BCUT2D eigenvalue weighted by Crippen LogP contribution is -2.52. The molecule has 11 heteroatoms. The molecular weight excluding hydrogens is 585 g/mol. The molecule has 0 aliphatic heterocycles. The van der Waals surface area contributed by atoms with Crippen molar-refractivity contribution in [3.05, 3.63) is 88.4 Å². The molecule has 0 bridgehead atoms. The van der Waals surface area contributed by atoms with E-state index < -0.39 is 28.5 Å². The summed E-state index contributed by atoms with van der Waals surface area (Å²) >= 11 is 12.5. The molecule has 0 spiro atoms. The van der Waals surface area contributed by atoms with Gasteiger partial charge in [0.2, 0.25) is 11.8 Å². The molecule has 0 unspecified atom stereocenters. The monoisotopic (exact) mass is 617 g/mol. The molecule has 8 nitrogen and oxygen atoms in total. The summed E-state index contributed by atoms with van der Waals surface area (Å²) < 4.78 is 34.0. The maximum Gasteiger partial charge on any atom is 0.264 e. The van der Waals surface area contributed by atoms with Crippen LogP contribution in [0.25, 0.3) is 0 Å². The summed E-state index contributed by atoms with van der Waals surface area (Å²) in [5.74, 6) is -0.370. The molecule has 1 saturated carbocycles. The quantitative estimate of drug-likeness (QED) is 0.299. The summed E-state index contributed by atoms with van der Waals surface area (Å²) in [5.41, 5.74) is 0.887. The fourth-order valence-electron chi connectivity index (χ4n) is 4.81. The van der Waals surface area contributed by atoms with Gasteiger partial charge in [0.15, 0.2) is 0 Å². The van der Waals surface area contributed by atoms with E-state index >= 15 is 0 Å². The molecule has 1 aliphatic carbocycles. The number of carbonyl (C=O) groups excluding carboxylic acids is 2. The molecule has 218 valence electrons. The second-order valence-electron chi connectivity index (χ2n) is 9.95. The summed E-state index contributed by atoms with van der Waals surface area (Å²) in [4.78, 5) is 28.7. The number of sulfonamides is 1. The maximum absolute atomic E-state index is 14.0. The first-order valence-electron chi connectivity index (χ1n) is 13.4. The molecule has 1 aliphatic rings. The van der Waals surface area contributed by atoms with Crippen molar-refractivity contribution in [2.24, 2.45) is 0 Å². The lowest BCUT2D eigenvalue weighted by Gasteiger charge is -2.32. The van der Waals surface area contributed by atoms with E-state index in [4.69, 9.17) is 27.9 Å². The van der Waals surface area contributed by atoms with E-state index in [1.54, 1.807) is 67.6 Å². The van der Waals surface area contributed by atoms with E-state index in [0.29, 0.717) is 27.0 Å². The van der Waals surface area contributed by atoms with Crippen LogP contribution in [-0.4, -0.2) is 50.9 Å². The third-order valence-electron chi connectivity index (χ3n) is 7.20. The Balaban J connectivity index is 1.68. The zero-order valence-corrected chi connectivity index (χ0v) is 25.3. The van der Waals surface area contributed by atoms with Gasteiger partial charge in [-0.15, -0.1) is 0 Å². The second kappa shape index (κ2) is 13.6. The van der Waals surface area contributed by atoms with E-state index in [1.807, 2.05) is 0 Å². The molecule has 3 aromatic carbocycles. The lowest BCUT2D eigenvalue weighted by molar-refractivity contribution is -0.139. The van der Waals surface area contributed by atoms with Gasteiger partial charge in [-0.05, 0) is 73.9 Å². The number of hydrogen-bond acceptors (Lipinski definition) is 5. The molecule has 1 N–H and O–H groups in total. The molecule has 3 aromatic rings. The first-order chi connectivity index (χ1) is 19.6. The number of nitrogens with zero attached hydrogens (tertiary/aromatic N) is 2. The van der Waals surface area contributed by atoms with Gasteiger partial charge in [-0.25, -0.2) is 8.42 Å². The first-order valence-corrected chi connectivity index (χ1v) is 15.6. The van der Waals surface area contributed by atoms with E-state index in [1.165, 1.54) is 24.1 Å².